The minimum absolute atomic E-state index is 0.000816. The zero-order valence-corrected chi connectivity index (χ0v) is 13.9. The smallest absolute Gasteiger partial charge is 0.226 e. The summed E-state index contributed by atoms with van der Waals surface area (Å²) in [6.45, 7) is 6.53. The molecule has 2 rings (SSSR count). The summed E-state index contributed by atoms with van der Waals surface area (Å²) < 4.78 is 0. The maximum Gasteiger partial charge on any atom is 0.226 e. The second-order valence-corrected chi connectivity index (χ2v) is 5.86. The van der Waals surface area contributed by atoms with Crippen LogP contribution in [0.1, 0.15) is 23.1 Å². The monoisotopic (exact) mass is 316 g/mol. The molecule has 0 unspecified atom stereocenters. The van der Waals surface area contributed by atoms with Crippen LogP contribution in [0.4, 0.5) is 11.4 Å². The van der Waals surface area contributed by atoms with E-state index in [0.29, 0.717) is 13.0 Å². The van der Waals surface area contributed by atoms with Crippen LogP contribution in [-0.4, -0.2) is 12.5 Å². The topological polar surface area (TPSA) is 41.1 Å². The van der Waals surface area contributed by atoms with Gasteiger partial charge in [0.15, 0.2) is 0 Å². The standard InChI is InChI=1S/C18H21ClN2O/c1-12-7-8-13(2)17(11-12)21-18(22)9-10-20-16-6-4-5-15(19)14(16)3/h4-8,11,20H,9-10H2,1-3H3,(H,21,22). The Hall–Kier alpha value is -2.00. The van der Waals surface area contributed by atoms with Crippen LogP contribution < -0.4 is 10.6 Å². The molecule has 2 aromatic carbocycles. The third-order valence-electron chi connectivity index (χ3n) is 3.60. The summed E-state index contributed by atoms with van der Waals surface area (Å²) in [5.74, 6) is 0.000816. The lowest BCUT2D eigenvalue weighted by Gasteiger charge is -2.12. The summed E-state index contributed by atoms with van der Waals surface area (Å²) in [7, 11) is 0. The van der Waals surface area contributed by atoms with Crippen LogP contribution in [0.15, 0.2) is 36.4 Å². The molecule has 0 aliphatic heterocycles. The van der Waals surface area contributed by atoms with Gasteiger partial charge in [-0.25, -0.2) is 0 Å². The Labute approximate surface area is 136 Å². The highest BCUT2D eigenvalue weighted by Gasteiger charge is 2.06. The fraction of sp³-hybridized carbons (Fsp3) is 0.278. The predicted molar refractivity (Wildman–Crippen MR) is 93.8 cm³/mol. The Bertz CT molecular complexity index is 683. The number of hydrogen-bond acceptors (Lipinski definition) is 2. The van der Waals surface area contributed by atoms with Crippen molar-refractivity contribution in [1.82, 2.24) is 0 Å². The average Bonchev–Trinajstić information content (AvgIpc) is 2.47. The number of aryl methyl sites for hydroxylation is 2. The van der Waals surface area contributed by atoms with E-state index in [1.165, 1.54) is 0 Å². The maximum absolute atomic E-state index is 12.0. The molecule has 0 atom stereocenters. The van der Waals surface area contributed by atoms with Crippen LogP contribution in [-0.2, 0) is 4.79 Å². The van der Waals surface area contributed by atoms with E-state index in [1.54, 1.807) is 0 Å². The molecule has 0 saturated heterocycles. The van der Waals surface area contributed by atoms with Crippen molar-refractivity contribution in [2.75, 3.05) is 17.2 Å². The van der Waals surface area contributed by atoms with E-state index < -0.39 is 0 Å². The SMILES string of the molecule is Cc1ccc(C)c(NC(=O)CCNc2cccc(Cl)c2C)c1. The van der Waals surface area contributed by atoms with E-state index in [4.69, 9.17) is 11.6 Å². The maximum atomic E-state index is 12.0. The van der Waals surface area contributed by atoms with Crippen molar-refractivity contribution < 1.29 is 4.79 Å². The number of carbonyl (C=O) groups is 1. The molecule has 116 valence electrons. The molecule has 22 heavy (non-hydrogen) atoms. The fourth-order valence-electron chi connectivity index (χ4n) is 2.19. The third kappa shape index (κ3) is 4.25. The number of benzene rings is 2. The Morgan fingerprint density at radius 3 is 2.64 bits per heavy atom. The van der Waals surface area contributed by atoms with Gasteiger partial charge in [-0.3, -0.25) is 4.79 Å². The molecule has 0 saturated carbocycles. The first-order valence-corrected chi connectivity index (χ1v) is 7.71. The molecule has 4 heteroatoms. The molecule has 0 aromatic heterocycles. The minimum Gasteiger partial charge on any atom is -0.384 e. The number of hydrogen-bond donors (Lipinski definition) is 2. The highest BCUT2D eigenvalue weighted by Crippen LogP contribution is 2.22. The van der Waals surface area contributed by atoms with Crippen molar-refractivity contribution in [2.24, 2.45) is 0 Å². The minimum atomic E-state index is 0.000816. The Kier molecular flexibility index (Phi) is 5.45. The Morgan fingerprint density at radius 2 is 1.86 bits per heavy atom. The number of halogens is 1. The van der Waals surface area contributed by atoms with Gasteiger partial charge in [-0.05, 0) is 55.7 Å². The van der Waals surface area contributed by atoms with Crippen molar-refractivity contribution in [3.63, 3.8) is 0 Å². The fourth-order valence-corrected chi connectivity index (χ4v) is 2.37. The van der Waals surface area contributed by atoms with E-state index in [-0.39, 0.29) is 5.91 Å². The first kappa shape index (κ1) is 16.4. The average molecular weight is 317 g/mol. The van der Waals surface area contributed by atoms with Gasteiger partial charge in [-0.1, -0.05) is 29.8 Å². The predicted octanol–water partition coefficient (Wildman–Crippen LogP) is 4.71. The lowest BCUT2D eigenvalue weighted by molar-refractivity contribution is -0.115. The zero-order valence-electron chi connectivity index (χ0n) is 13.2. The lowest BCUT2D eigenvalue weighted by Crippen LogP contribution is -2.17. The molecule has 0 aliphatic rings. The van der Waals surface area contributed by atoms with Crippen LogP contribution in [0.5, 0.6) is 0 Å². The van der Waals surface area contributed by atoms with Gasteiger partial charge >= 0.3 is 0 Å². The van der Waals surface area contributed by atoms with E-state index in [0.717, 1.165) is 33.1 Å². The van der Waals surface area contributed by atoms with Gasteiger partial charge in [0.2, 0.25) is 5.91 Å². The summed E-state index contributed by atoms with van der Waals surface area (Å²) in [6.07, 6.45) is 0.402. The third-order valence-corrected chi connectivity index (χ3v) is 4.01. The van der Waals surface area contributed by atoms with Crippen LogP contribution in [0.25, 0.3) is 0 Å². The molecule has 2 aromatic rings. The van der Waals surface area contributed by atoms with E-state index >= 15 is 0 Å². The Balaban J connectivity index is 1.88. The first-order valence-electron chi connectivity index (χ1n) is 7.33. The molecule has 1 amide bonds. The molecule has 0 aliphatic carbocycles. The normalized spacial score (nSPS) is 10.4. The number of amides is 1. The summed E-state index contributed by atoms with van der Waals surface area (Å²) in [6, 6.07) is 11.8. The number of carbonyl (C=O) groups excluding carboxylic acids is 1. The molecular weight excluding hydrogens is 296 g/mol. The van der Waals surface area contributed by atoms with Crippen LogP contribution >= 0.6 is 11.6 Å². The summed E-state index contributed by atoms with van der Waals surface area (Å²) in [5.41, 5.74) is 5.04. The molecule has 0 spiro atoms. The number of anilines is 2. The highest BCUT2D eigenvalue weighted by molar-refractivity contribution is 6.31. The second-order valence-electron chi connectivity index (χ2n) is 5.46. The van der Waals surface area contributed by atoms with Crippen molar-refractivity contribution >= 4 is 28.9 Å². The van der Waals surface area contributed by atoms with E-state index in [2.05, 4.69) is 10.6 Å². The quantitative estimate of drug-likeness (QED) is 0.839. The van der Waals surface area contributed by atoms with Gasteiger partial charge in [0, 0.05) is 29.4 Å². The van der Waals surface area contributed by atoms with Gasteiger partial charge in [0.1, 0.15) is 0 Å². The second kappa shape index (κ2) is 7.32. The summed E-state index contributed by atoms with van der Waals surface area (Å²) in [5, 5.41) is 6.94. The first-order chi connectivity index (χ1) is 10.5. The van der Waals surface area contributed by atoms with Crippen molar-refractivity contribution in [1.29, 1.82) is 0 Å². The van der Waals surface area contributed by atoms with Gasteiger partial charge < -0.3 is 10.6 Å². The Morgan fingerprint density at radius 1 is 1.09 bits per heavy atom. The zero-order chi connectivity index (χ0) is 16.1. The summed E-state index contributed by atoms with van der Waals surface area (Å²) in [4.78, 5) is 12.0. The molecule has 0 radical (unpaired) electrons. The van der Waals surface area contributed by atoms with Gasteiger partial charge in [0.25, 0.3) is 0 Å². The highest BCUT2D eigenvalue weighted by atomic mass is 35.5. The van der Waals surface area contributed by atoms with Crippen LogP contribution in [0.2, 0.25) is 5.02 Å². The molecule has 0 heterocycles. The van der Waals surface area contributed by atoms with Crippen molar-refractivity contribution in [2.45, 2.75) is 27.2 Å². The van der Waals surface area contributed by atoms with E-state index in [1.807, 2.05) is 57.2 Å². The van der Waals surface area contributed by atoms with E-state index in [9.17, 15) is 4.79 Å². The van der Waals surface area contributed by atoms with Crippen LogP contribution in [0, 0.1) is 20.8 Å². The van der Waals surface area contributed by atoms with Crippen molar-refractivity contribution in [3.8, 4) is 0 Å². The lowest BCUT2D eigenvalue weighted by atomic mass is 10.1. The molecule has 3 nitrogen and oxygen atoms in total. The van der Waals surface area contributed by atoms with Gasteiger partial charge in [0.05, 0.1) is 0 Å². The van der Waals surface area contributed by atoms with Gasteiger partial charge in [-0.2, -0.15) is 0 Å². The number of nitrogens with one attached hydrogen (secondary N) is 2. The van der Waals surface area contributed by atoms with Gasteiger partial charge in [-0.15, -0.1) is 0 Å². The molecule has 2 N–H and O–H groups in total. The molecule has 0 fully saturated rings. The summed E-state index contributed by atoms with van der Waals surface area (Å²) >= 11 is 6.08. The van der Waals surface area contributed by atoms with Crippen molar-refractivity contribution in [3.05, 3.63) is 58.1 Å². The number of rotatable bonds is 5. The largest absolute Gasteiger partial charge is 0.384 e. The molecular formula is C18H21ClN2O. The van der Waals surface area contributed by atoms with Crippen LogP contribution in [0.3, 0.4) is 0 Å². The molecule has 0 bridgehead atoms.